The zero-order chi connectivity index (χ0) is 13.0. The average molecular weight is 255 g/mol. The van der Waals surface area contributed by atoms with Crippen molar-refractivity contribution in [1.82, 2.24) is 5.32 Å². The lowest BCUT2D eigenvalue weighted by molar-refractivity contribution is -0.149. The largest absolute Gasteiger partial charge is 0.481 e. The van der Waals surface area contributed by atoms with Crippen LogP contribution in [-0.2, 0) is 14.3 Å². The number of carbonyl (C=O) groups excluding carboxylic acids is 1. The number of amides is 1. The summed E-state index contributed by atoms with van der Waals surface area (Å²) < 4.78 is 5.24. The van der Waals surface area contributed by atoms with Crippen LogP contribution in [0, 0.1) is 11.8 Å². The molecule has 2 atom stereocenters. The average Bonchev–Trinajstić information content (AvgIpc) is 2.40. The maximum Gasteiger partial charge on any atom is 0.307 e. The Bertz CT molecular complexity index is 312. The van der Waals surface area contributed by atoms with Crippen LogP contribution in [0.1, 0.15) is 38.5 Å². The standard InChI is InChI=1S/C13H21NO4/c15-12(14-9-5-7-18-8-6-9)10-3-1-2-4-11(10)13(16)17/h9-11H,1-8H2,(H,14,15)(H,16,17)/t10-,11+/m1/s1. The lowest BCUT2D eigenvalue weighted by atomic mass is 9.78. The summed E-state index contributed by atoms with van der Waals surface area (Å²) >= 11 is 0. The third kappa shape index (κ3) is 3.22. The molecular weight excluding hydrogens is 234 g/mol. The Labute approximate surface area is 107 Å². The summed E-state index contributed by atoms with van der Waals surface area (Å²) in [6, 6.07) is 0.155. The van der Waals surface area contributed by atoms with Crippen LogP contribution in [0.25, 0.3) is 0 Å². The van der Waals surface area contributed by atoms with E-state index in [0.29, 0.717) is 26.1 Å². The minimum Gasteiger partial charge on any atom is -0.481 e. The number of carboxylic acid groups (broad SMARTS) is 1. The Morgan fingerprint density at radius 3 is 2.22 bits per heavy atom. The Balaban J connectivity index is 1.91. The second-order valence-corrected chi connectivity index (χ2v) is 5.23. The SMILES string of the molecule is O=C(O)[C@H]1CCCC[C@H]1C(=O)NC1CCOCC1. The number of carbonyl (C=O) groups is 2. The lowest BCUT2D eigenvalue weighted by Gasteiger charge is -2.30. The van der Waals surface area contributed by atoms with Gasteiger partial charge in [-0.2, -0.15) is 0 Å². The molecular formula is C13H21NO4. The van der Waals surface area contributed by atoms with Gasteiger partial charge in [0.25, 0.3) is 0 Å². The van der Waals surface area contributed by atoms with Gasteiger partial charge in [0.2, 0.25) is 5.91 Å². The van der Waals surface area contributed by atoms with E-state index >= 15 is 0 Å². The molecule has 0 spiro atoms. The van der Waals surface area contributed by atoms with Crippen LogP contribution in [0.4, 0.5) is 0 Å². The van der Waals surface area contributed by atoms with Crippen LogP contribution in [0.15, 0.2) is 0 Å². The van der Waals surface area contributed by atoms with Crippen LogP contribution in [0.3, 0.4) is 0 Å². The predicted octanol–water partition coefficient (Wildman–Crippen LogP) is 1.17. The first kappa shape index (κ1) is 13.3. The van der Waals surface area contributed by atoms with Gasteiger partial charge in [-0.15, -0.1) is 0 Å². The quantitative estimate of drug-likeness (QED) is 0.794. The second-order valence-electron chi connectivity index (χ2n) is 5.23. The molecule has 102 valence electrons. The molecule has 2 N–H and O–H groups in total. The fraction of sp³-hybridized carbons (Fsp3) is 0.846. The first-order chi connectivity index (χ1) is 8.68. The zero-order valence-electron chi connectivity index (χ0n) is 10.6. The van der Waals surface area contributed by atoms with Crippen molar-refractivity contribution in [2.45, 2.75) is 44.6 Å². The minimum absolute atomic E-state index is 0.0750. The first-order valence-electron chi connectivity index (χ1n) is 6.79. The van der Waals surface area contributed by atoms with E-state index < -0.39 is 11.9 Å². The molecule has 2 fully saturated rings. The lowest BCUT2D eigenvalue weighted by Crippen LogP contribution is -2.45. The summed E-state index contributed by atoms with van der Waals surface area (Å²) in [4.78, 5) is 23.3. The van der Waals surface area contributed by atoms with E-state index in [4.69, 9.17) is 9.84 Å². The van der Waals surface area contributed by atoms with Gasteiger partial charge in [0.15, 0.2) is 0 Å². The molecule has 2 aliphatic rings. The van der Waals surface area contributed by atoms with E-state index in [1.54, 1.807) is 0 Å². The van der Waals surface area contributed by atoms with E-state index in [1.807, 2.05) is 0 Å². The minimum atomic E-state index is -0.832. The van der Waals surface area contributed by atoms with Crippen LogP contribution in [0.5, 0.6) is 0 Å². The Hall–Kier alpha value is -1.10. The molecule has 2 rings (SSSR count). The summed E-state index contributed by atoms with van der Waals surface area (Å²) in [5, 5.41) is 12.2. The summed E-state index contributed by atoms with van der Waals surface area (Å²) in [7, 11) is 0. The van der Waals surface area contributed by atoms with E-state index in [1.165, 1.54) is 0 Å². The van der Waals surface area contributed by atoms with Crippen molar-refractivity contribution in [2.24, 2.45) is 11.8 Å². The highest BCUT2D eigenvalue weighted by Crippen LogP contribution is 2.30. The van der Waals surface area contributed by atoms with Crippen molar-refractivity contribution < 1.29 is 19.4 Å². The van der Waals surface area contributed by atoms with Crippen molar-refractivity contribution in [3.8, 4) is 0 Å². The second kappa shape index (κ2) is 6.18. The fourth-order valence-electron chi connectivity index (χ4n) is 2.89. The summed E-state index contributed by atoms with van der Waals surface area (Å²) in [5.41, 5.74) is 0. The monoisotopic (exact) mass is 255 g/mol. The van der Waals surface area contributed by atoms with E-state index in [0.717, 1.165) is 25.7 Å². The summed E-state index contributed by atoms with van der Waals surface area (Å²) in [6.07, 6.45) is 4.85. The van der Waals surface area contributed by atoms with Crippen LogP contribution < -0.4 is 5.32 Å². The molecule has 0 aromatic carbocycles. The van der Waals surface area contributed by atoms with Gasteiger partial charge < -0.3 is 15.2 Å². The highest BCUT2D eigenvalue weighted by molar-refractivity contribution is 5.85. The maximum atomic E-state index is 12.2. The summed E-state index contributed by atoms with van der Waals surface area (Å²) in [6.45, 7) is 1.36. The Kier molecular flexibility index (Phi) is 4.58. The van der Waals surface area contributed by atoms with Gasteiger partial charge in [0.05, 0.1) is 11.8 Å². The van der Waals surface area contributed by atoms with Crippen molar-refractivity contribution in [1.29, 1.82) is 0 Å². The first-order valence-corrected chi connectivity index (χ1v) is 6.79. The third-order valence-electron chi connectivity index (χ3n) is 3.99. The van der Waals surface area contributed by atoms with Crippen molar-refractivity contribution in [3.05, 3.63) is 0 Å². The van der Waals surface area contributed by atoms with Crippen LogP contribution in [-0.4, -0.2) is 36.2 Å². The van der Waals surface area contributed by atoms with Gasteiger partial charge in [0, 0.05) is 19.3 Å². The Morgan fingerprint density at radius 2 is 1.61 bits per heavy atom. The molecule has 1 aliphatic carbocycles. The van der Waals surface area contributed by atoms with E-state index in [-0.39, 0.29) is 17.9 Å². The molecule has 5 nitrogen and oxygen atoms in total. The number of hydrogen-bond donors (Lipinski definition) is 2. The number of ether oxygens (including phenoxy) is 1. The molecule has 1 amide bonds. The molecule has 1 aliphatic heterocycles. The molecule has 0 radical (unpaired) electrons. The molecule has 0 aromatic heterocycles. The van der Waals surface area contributed by atoms with Gasteiger partial charge in [-0.3, -0.25) is 9.59 Å². The van der Waals surface area contributed by atoms with Gasteiger partial charge in [-0.1, -0.05) is 12.8 Å². The van der Waals surface area contributed by atoms with Crippen molar-refractivity contribution in [3.63, 3.8) is 0 Å². The van der Waals surface area contributed by atoms with Gasteiger partial charge >= 0.3 is 5.97 Å². The number of carboxylic acids is 1. The van der Waals surface area contributed by atoms with Crippen LogP contribution in [0.2, 0.25) is 0 Å². The number of hydrogen-bond acceptors (Lipinski definition) is 3. The fourth-order valence-corrected chi connectivity index (χ4v) is 2.89. The highest BCUT2D eigenvalue weighted by Gasteiger charge is 2.36. The topological polar surface area (TPSA) is 75.6 Å². The number of rotatable bonds is 3. The smallest absolute Gasteiger partial charge is 0.307 e. The predicted molar refractivity (Wildman–Crippen MR) is 65.1 cm³/mol. The zero-order valence-corrected chi connectivity index (χ0v) is 10.6. The normalized spacial score (nSPS) is 29.8. The molecule has 5 heteroatoms. The number of nitrogens with one attached hydrogen (secondary N) is 1. The maximum absolute atomic E-state index is 12.2. The summed E-state index contributed by atoms with van der Waals surface area (Å²) in [5.74, 6) is -1.76. The molecule has 1 saturated heterocycles. The van der Waals surface area contributed by atoms with Gasteiger partial charge in [-0.05, 0) is 25.7 Å². The number of aliphatic carboxylic acids is 1. The van der Waals surface area contributed by atoms with Crippen molar-refractivity contribution in [2.75, 3.05) is 13.2 Å². The van der Waals surface area contributed by atoms with Gasteiger partial charge in [-0.25, -0.2) is 0 Å². The third-order valence-corrected chi connectivity index (χ3v) is 3.99. The molecule has 1 saturated carbocycles. The van der Waals surface area contributed by atoms with E-state index in [2.05, 4.69) is 5.32 Å². The Morgan fingerprint density at radius 1 is 1.00 bits per heavy atom. The molecule has 0 bridgehead atoms. The molecule has 0 aromatic rings. The highest BCUT2D eigenvalue weighted by atomic mass is 16.5. The molecule has 1 heterocycles. The van der Waals surface area contributed by atoms with Gasteiger partial charge in [0.1, 0.15) is 0 Å². The van der Waals surface area contributed by atoms with E-state index in [9.17, 15) is 9.59 Å². The molecule has 18 heavy (non-hydrogen) atoms. The molecule has 0 unspecified atom stereocenters. The van der Waals surface area contributed by atoms with Crippen molar-refractivity contribution >= 4 is 11.9 Å². The van der Waals surface area contributed by atoms with Crippen LogP contribution >= 0.6 is 0 Å².